The van der Waals surface area contributed by atoms with Crippen LogP contribution in [0.3, 0.4) is 0 Å². The zero-order valence-corrected chi connectivity index (χ0v) is 13.0. The second-order valence-electron chi connectivity index (χ2n) is 5.67. The van der Waals surface area contributed by atoms with Crippen LogP contribution in [-0.2, 0) is 20.7 Å². The molecule has 0 saturated carbocycles. The van der Waals surface area contributed by atoms with Crippen molar-refractivity contribution in [3.8, 4) is 0 Å². The third kappa shape index (κ3) is 4.31. The summed E-state index contributed by atoms with van der Waals surface area (Å²) in [5.74, 6) is -0.518. The van der Waals surface area contributed by atoms with Gasteiger partial charge >= 0.3 is 5.97 Å². The Labute approximate surface area is 131 Å². The molecular weight excluding hydrogens is 280 g/mol. The minimum Gasteiger partial charge on any atom is -0.466 e. The number of hydrogen-bond donors (Lipinski definition) is 1. The maximum atomic E-state index is 12.5. The largest absolute Gasteiger partial charge is 0.466 e. The standard InChI is InChI=1S/C17H24N2O3/c1-2-22-17(21)14-9-6-10-19(12-14)16(20)15(18)11-13-7-4-3-5-8-13/h3-5,7-8,14-15H,2,6,9-12,18H2,1H3. The van der Waals surface area contributed by atoms with E-state index in [4.69, 9.17) is 10.5 Å². The third-order valence-electron chi connectivity index (χ3n) is 3.97. The zero-order valence-electron chi connectivity index (χ0n) is 13.0. The summed E-state index contributed by atoms with van der Waals surface area (Å²) in [5, 5.41) is 0. The van der Waals surface area contributed by atoms with Crippen LogP contribution in [0.15, 0.2) is 30.3 Å². The number of carbonyl (C=O) groups excluding carboxylic acids is 2. The van der Waals surface area contributed by atoms with Gasteiger partial charge in [0, 0.05) is 13.1 Å². The van der Waals surface area contributed by atoms with Gasteiger partial charge in [0.1, 0.15) is 0 Å². The van der Waals surface area contributed by atoms with Gasteiger partial charge in [-0.05, 0) is 31.7 Å². The van der Waals surface area contributed by atoms with Crippen LogP contribution in [0.25, 0.3) is 0 Å². The average molecular weight is 304 g/mol. The lowest BCUT2D eigenvalue weighted by Gasteiger charge is -2.33. The van der Waals surface area contributed by atoms with Gasteiger partial charge in [0.15, 0.2) is 0 Å². The number of likely N-dealkylation sites (tertiary alicyclic amines) is 1. The van der Waals surface area contributed by atoms with E-state index in [2.05, 4.69) is 0 Å². The molecule has 1 fully saturated rings. The fourth-order valence-corrected chi connectivity index (χ4v) is 2.82. The van der Waals surface area contributed by atoms with Crippen LogP contribution in [0.4, 0.5) is 0 Å². The molecule has 5 nitrogen and oxygen atoms in total. The van der Waals surface area contributed by atoms with Gasteiger partial charge < -0.3 is 15.4 Å². The van der Waals surface area contributed by atoms with Gasteiger partial charge in [-0.1, -0.05) is 30.3 Å². The van der Waals surface area contributed by atoms with Gasteiger partial charge in [-0.25, -0.2) is 0 Å². The molecule has 2 unspecified atom stereocenters. The number of nitrogens with two attached hydrogens (primary N) is 1. The first-order chi connectivity index (χ1) is 10.6. The molecule has 1 heterocycles. The van der Waals surface area contributed by atoms with Crippen LogP contribution in [0, 0.1) is 5.92 Å². The Hall–Kier alpha value is -1.88. The SMILES string of the molecule is CCOC(=O)C1CCCN(C(=O)C(N)Cc2ccccc2)C1. The van der Waals surface area contributed by atoms with E-state index >= 15 is 0 Å². The van der Waals surface area contributed by atoms with E-state index in [1.54, 1.807) is 11.8 Å². The molecule has 1 aromatic carbocycles. The van der Waals surface area contributed by atoms with Crippen molar-refractivity contribution in [1.29, 1.82) is 0 Å². The van der Waals surface area contributed by atoms with E-state index in [1.165, 1.54) is 0 Å². The molecular formula is C17H24N2O3. The van der Waals surface area contributed by atoms with E-state index in [9.17, 15) is 9.59 Å². The number of ether oxygens (including phenoxy) is 1. The van der Waals surface area contributed by atoms with Crippen molar-refractivity contribution < 1.29 is 14.3 Å². The molecule has 2 rings (SSSR count). The summed E-state index contributed by atoms with van der Waals surface area (Å²) in [6.07, 6.45) is 2.10. The van der Waals surface area contributed by atoms with Crippen molar-refractivity contribution in [2.45, 2.75) is 32.2 Å². The highest BCUT2D eigenvalue weighted by molar-refractivity contribution is 5.83. The van der Waals surface area contributed by atoms with Crippen molar-refractivity contribution in [2.24, 2.45) is 11.7 Å². The van der Waals surface area contributed by atoms with Gasteiger partial charge in [0.2, 0.25) is 5.91 Å². The highest BCUT2D eigenvalue weighted by atomic mass is 16.5. The van der Waals surface area contributed by atoms with Crippen molar-refractivity contribution in [1.82, 2.24) is 4.90 Å². The maximum Gasteiger partial charge on any atom is 0.310 e. The van der Waals surface area contributed by atoms with E-state index in [0.29, 0.717) is 26.1 Å². The van der Waals surface area contributed by atoms with Crippen LogP contribution in [0.2, 0.25) is 0 Å². The summed E-state index contributed by atoms with van der Waals surface area (Å²) in [6, 6.07) is 9.17. The van der Waals surface area contributed by atoms with Gasteiger partial charge in [-0.3, -0.25) is 9.59 Å². The first-order valence-corrected chi connectivity index (χ1v) is 7.86. The first-order valence-electron chi connectivity index (χ1n) is 7.86. The predicted molar refractivity (Wildman–Crippen MR) is 84.1 cm³/mol. The topological polar surface area (TPSA) is 72.6 Å². The zero-order chi connectivity index (χ0) is 15.9. The third-order valence-corrected chi connectivity index (χ3v) is 3.97. The highest BCUT2D eigenvalue weighted by Crippen LogP contribution is 2.19. The van der Waals surface area contributed by atoms with Crippen LogP contribution in [-0.4, -0.2) is 42.5 Å². The number of hydrogen-bond acceptors (Lipinski definition) is 4. The molecule has 1 amide bonds. The molecule has 2 N–H and O–H groups in total. The molecule has 1 aliphatic rings. The van der Waals surface area contributed by atoms with Crippen molar-refractivity contribution in [2.75, 3.05) is 19.7 Å². The molecule has 1 aromatic rings. The summed E-state index contributed by atoms with van der Waals surface area (Å²) >= 11 is 0. The van der Waals surface area contributed by atoms with Crippen LogP contribution < -0.4 is 5.73 Å². The summed E-state index contributed by atoms with van der Waals surface area (Å²) in [6.45, 7) is 3.24. The van der Waals surface area contributed by atoms with Crippen molar-refractivity contribution in [3.05, 3.63) is 35.9 Å². The van der Waals surface area contributed by atoms with E-state index in [-0.39, 0.29) is 17.8 Å². The number of rotatable bonds is 5. The number of nitrogens with zero attached hydrogens (tertiary/aromatic N) is 1. The Morgan fingerprint density at radius 2 is 2.09 bits per heavy atom. The molecule has 0 aliphatic carbocycles. The van der Waals surface area contributed by atoms with Crippen molar-refractivity contribution in [3.63, 3.8) is 0 Å². The number of carbonyl (C=O) groups is 2. The van der Waals surface area contributed by atoms with E-state index in [1.807, 2.05) is 30.3 Å². The predicted octanol–water partition coefficient (Wildman–Crippen LogP) is 1.36. The Bertz CT molecular complexity index is 504. The van der Waals surface area contributed by atoms with Crippen LogP contribution >= 0.6 is 0 Å². The number of benzene rings is 1. The lowest BCUT2D eigenvalue weighted by atomic mass is 9.97. The Morgan fingerprint density at radius 1 is 1.36 bits per heavy atom. The van der Waals surface area contributed by atoms with E-state index < -0.39 is 6.04 Å². The van der Waals surface area contributed by atoms with Crippen molar-refractivity contribution >= 4 is 11.9 Å². The van der Waals surface area contributed by atoms with Gasteiger partial charge in [0.05, 0.1) is 18.6 Å². The summed E-state index contributed by atoms with van der Waals surface area (Å²) in [5.41, 5.74) is 7.10. The Morgan fingerprint density at radius 3 is 2.77 bits per heavy atom. The molecule has 0 bridgehead atoms. The minimum atomic E-state index is -0.566. The molecule has 0 aromatic heterocycles. The molecule has 5 heteroatoms. The van der Waals surface area contributed by atoms with Gasteiger partial charge in [0.25, 0.3) is 0 Å². The maximum absolute atomic E-state index is 12.5. The normalized spacial score (nSPS) is 19.5. The monoisotopic (exact) mass is 304 g/mol. The second kappa shape index (κ2) is 7.94. The molecule has 1 aliphatic heterocycles. The van der Waals surface area contributed by atoms with E-state index in [0.717, 1.165) is 18.4 Å². The van der Waals surface area contributed by atoms with Crippen LogP contribution in [0.1, 0.15) is 25.3 Å². The Kier molecular flexibility index (Phi) is 5.95. The second-order valence-corrected chi connectivity index (χ2v) is 5.67. The number of amides is 1. The molecule has 0 radical (unpaired) electrons. The molecule has 0 spiro atoms. The average Bonchev–Trinajstić information content (AvgIpc) is 2.55. The van der Waals surface area contributed by atoms with Gasteiger partial charge in [-0.15, -0.1) is 0 Å². The quantitative estimate of drug-likeness (QED) is 0.834. The molecule has 1 saturated heterocycles. The smallest absolute Gasteiger partial charge is 0.310 e. The molecule has 22 heavy (non-hydrogen) atoms. The fourth-order valence-electron chi connectivity index (χ4n) is 2.82. The van der Waals surface area contributed by atoms with Gasteiger partial charge in [-0.2, -0.15) is 0 Å². The lowest BCUT2D eigenvalue weighted by molar-refractivity contribution is -0.151. The Balaban J connectivity index is 1.92. The highest BCUT2D eigenvalue weighted by Gasteiger charge is 2.31. The number of piperidine rings is 1. The summed E-state index contributed by atoms with van der Waals surface area (Å²) < 4.78 is 5.06. The minimum absolute atomic E-state index is 0.0853. The van der Waals surface area contributed by atoms with Crippen LogP contribution in [0.5, 0.6) is 0 Å². The lowest BCUT2D eigenvalue weighted by Crippen LogP contribution is -2.50. The number of esters is 1. The molecule has 120 valence electrons. The summed E-state index contributed by atoms with van der Waals surface area (Å²) in [4.78, 5) is 26.0. The fraction of sp³-hybridized carbons (Fsp3) is 0.529. The first kappa shape index (κ1) is 16.5. The molecule has 2 atom stereocenters. The summed E-state index contributed by atoms with van der Waals surface area (Å²) in [7, 11) is 0.